The normalized spacial score (nSPS) is 19.2. The zero-order valence-electron chi connectivity index (χ0n) is 12.0. The lowest BCUT2D eigenvalue weighted by atomic mass is 10.3. The minimum Gasteiger partial charge on any atom is -0.302 e. The first-order valence-corrected chi connectivity index (χ1v) is 6.40. The number of allylic oxidation sites excluding steroid dienone is 5. The van der Waals surface area contributed by atoms with E-state index >= 15 is 0 Å². The van der Waals surface area contributed by atoms with Crippen molar-refractivity contribution in [1.29, 1.82) is 0 Å². The molecule has 5 heteroatoms. The molecule has 0 saturated carbocycles. The van der Waals surface area contributed by atoms with E-state index in [1.807, 2.05) is 51.4 Å². The first-order chi connectivity index (χ1) is 9.70. The molecule has 1 atom stereocenters. The van der Waals surface area contributed by atoms with Crippen molar-refractivity contribution in [3.63, 3.8) is 0 Å². The maximum atomic E-state index is 10.9. The molecule has 0 aromatic rings. The summed E-state index contributed by atoms with van der Waals surface area (Å²) in [7, 11) is 1.83. The predicted octanol–water partition coefficient (Wildman–Crippen LogP) is 2.32. The lowest BCUT2D eigenvalue weighted by Crippen LogP contribution is -2.42. The Morgan fingerprint density at radius 3 is 2.95 bits per heavy atom. The quantitative estimate of drug-likeness (QED) is 0.423. The molecule has 0 aromatic heterocycles. The van der Waals surface area contributed by atoms with Gasteiger partial charge in [0.1, 0.15) is 12.1 Å². The summed E-state index contributed by atoms with van der Waals surface area (Å²) in [5.74, 6) is 0.701. The molecule has 0 spiro atoms. The molecule has 0 aromatic carbocycles. The van der Waals surface area contributed by atoms with E-state index in [1.54, 1.807) is 34.7 Å². The van der Waals surface area contributed by atoms with Crippen molar-refractivity contribution in [3.8, 4) is 0 Å². The number of carbonyl (C=O) groups excluding carboxylic acids is 1. The monoisotopic (exact) mass is 272 g/mol. The van der Waals surface area contributed by atoms with E-state index in [2.05, 4.69) is 9.98 Å². The highest BCUT2D eigenvalue weighted by Crippen LogP contribution is 2.14. The Kier molecular flexibility index (Phi) is 6.92. The second-order valence-electron chi connectivity index (χ2n) is 4.10. The third-order valence-corrected chi connectivity index (χ3v) is 2.67. The van der Waals surface area contributed by atoms with Crippen LogP contribution < -0.4 is 0 Å². The molecule has 0 bridgehead atoms. The second-order valence-corrected chi connectivity index (χ2v) is 4.10. The van der Waals surface area contributed by atoms with Crippen molar-refractivity contribution < 1.29 is 4.79 Å². The Balaban J connectivity index is 2.77. The van der Waals surface area contributed by atoms with Gasteiger partial charge >= 0.3 is 0 Å². The lowest BCUT2D eigenvalue weighted by molar-refractivity contribution is -0.115. The summed E-state index contributed by atoms with van der Waals surface area (Å²) >= 11 is 0. The largest absolute Gasteiger partial charge is 0.302 e. The van der Waals surface area contributed by atoms with E-state index in [9.17, 15) is 4.79 Å². The van der Waals surface area contributed by atoms with Gasteiger partial charge in [0.05, 0.1) is 6.04 Å². The van der Waals surface area contributed by atoms with Crippen LogP contribution in [0.4, 0.5) is 0 Å². The van der Waals surface area contributed by atoms with E-state index in [4.69, 9.17) is 0 Å². The molecule has 0 fully saturated rings. The summed E-state index contributed by atoms with van der Waals surface area (Å²) in [5.41, 5.74) is 0. The average molecular weight is 272 g/mol. The fourth-order valence-electron chi connectivity index (χ4n) is 1.42. The van der Waals surface area contributed by atoms with Gasteiger partial charge in [0.15, 0.2) is 0 Å². The van der Waals surface area contributed by atoms with Crippen molar-refractivity contribution in [3.05, 3.63) is 48.6 Å². The van der Waals surface area contributed by atoms with Crippen LogP contribution in [-0.2, 0) is 4.79 Å². The molecule has 106 valence electrons. The molecule has 1 heterocycles. The van der Waals surface area contributed by atoms with Crippen molar-refractivity contribution in [1.82, 2.24) is 10.0 Å². The number of hydrogen-bond donors (Lipinski definition) is 0. The number of hydrogen-bond acceptors (Lipinski definition) is 5. The Bertz CT molecular complexity index is 486. The highest BCUT2D eigenvalue weighted by atomic mass is 16.1. The maximum Gasteiger partial charge on any atom is 0.148 e. The third kappa shape index (κ3) is 4.78. The standard InChI is InChI=1S/C15H20N4O/c1-4-5-6-9-16-11-8-15-17-10-7-12-19(15)18(3)14(2)13-20/h4-14H,1-3H3/b5-4-,9-6-,15-8+,16-11+. The third-order valence-electron chi connectivity index (χ3n) is 2.67. The molecule has 1 unspecified atom stereocenters. The Morgan fingerprint density at radius 2 is 2.25 bits per heavy atom. The highest BCUT2D eigenvalue weighted by molar-refractivity contribution is 5.77. The molecule has 5 nitrogen and oxygen atoms in total. The van der Waals surface area contributed by atoms with Gasteiger partial charge in [0, 0.05) is 38.0 Å². The number of rotatable bonds is 6. The van der Waals surface area contributed by atoms with E-state index in [0.717, 1.165) is 6.29 Å². The van der Waals surface area contributed by atoms with Crippen LogP contribution >= 0.6 is 0 Å². The van der Waals surface area contributed by atoms with Crippen molar-refractivity contribution >= 4 is 18.7 Å². The van der Waals surface area contributed by atoms with E-state index in [1.165, 1.54) is 0 Å². The Hall–Kier alpha value is -2.27. The maximum absolute atomic E-state index is 10.9. The van der Waals surface area contributed by atoms with Gasteiger partial charge in [0.2, 0.25) is 0 Å². The van der Waals surface area contributed by atoms with Gasteiger partial charge in [-0.05, 0) is 26.0 Å². The molecular formula is C15H20N4O. The van der Waals surface area contributed by atoms with Crippen LogP contribution in [0.5, 0.6) is 0 Å². The first-order valence-electron chi connectivity index (χ1n) is 6.40. The number of hydrazine groups is 1. The van der Waals surface area contributed by atoms with Crippen LogP contribution in [0.1, 0.15) is 13.8 Å². The van der Waals surface area contributed by atoms with Gasteiger partial charge in [-0.3, -0.25) is 10.0 Å². The predicted molar refractivity (Wildman–Crippen MR) is 83.3 cm³/mol. The van der Waals surface area contributed by atoms with Crippen molar-refractivity contribution in [2.75, 3.05) is 7.05 Å². The number of aldehydes is 1. The molecule has 1 aliphatic rings. The van der Waals surface area contributed by atoms with E-state index in [-0.39, 0.29) is 6.04 Å². The highest BCUT2D eigenvalue weighted by Gasteiger charge is 2.17. The van der Waals surface area contributed by atoms with Crippen molar-refractivity contribution in [2.45, 2.75) is 19.9 Å². The fourth-order valence-corrected chi connectivity index (χ4v) is 1.42. The minimum absolute atomic E-state index is 0.233. The van der Waals surface area contributed by atoms with Crippen LogP contribution in [0.15, 0.2) is 58.6 Å². The summed E-state index contributed by atoms with van der Waals surface area (Å²) < 4.78 is 0. The molecule has 0 saturated heterocycles. The summed E-state index contributed by atoms with van der Waals surface area (Å²) in [5, 5.41) is 3.61. The molecule has 20 heavy (non-hydrogen) atoms. The van der Waals surface area contributed by atoms with Crippen LogP contribution in [-0.4, -0.2) is 41.8 Å². The van der Waals surface area contributed by atoms with Gasteiger partial charge in [-0.15, -0.1) is 0 Å². The zero-order chi connectivity index (χ0) is 14.8. The van der Waals surface area contributed by atoms with Gasteiger partial charge < -0.3 is 4.79 Å². The van der Waals surface area contributed by atoms with Crippen LogP contribution in [0.2, 0.25) is 0 Å². The molecule has 1 rings (SSSR count). The molecule has 0 N–H and O–H groups in total. The fraction of sp³-hybridized carbons (Fsp3) is 0.267. The zero-order valence-corrected chi connectivity index (χ0v) is 12.0. The number of carbonyl (C=O) groups is 1. The summed E-state index contributed by atoms with van der Waals surface area (Å²) in [6.07, 6.45) is 17.1. The summed E-state index contributed by atoms with van der Waals surface area (Å²) in [4.78, 5) is 19.3. The topological polar surface area (TPSA) is 48.3 Å². The van der Waals surface area contributed by atoms with Crippen LogP contribution in [0.3, 0.4) is 0 Å². The van der Waals surface area contributed by atoms with Crippen molar-refractivity contribution in [2.24, 2.45) is 9.98 Å². The van der Waals surface area contributed by atoms with E-state index in [0.29, 0.717) is 5.82 Å². The Morgan fingerprint density at radius 1 is 1.45 bits per heavy atom. The summed E-state index contributed by atoms with van der Waals surface area (Å²) in [6, 6.07) is -0.233. The van der Waals surface area contributed by atoms with Crippen LogP contribution in [0.25, 0.3) is 0 Å². The second kappa shape index (κ2) is 8.77. The smallest absolute Gasteiger partial charge is 0.148 e. The molecular weight excluding hydrogens is 252 g/mol. The van der Waals surface area contributed by atoms with Gasteiger partial charge in [-0.1, -0.05) is 12.2 Å². The number of aliphatic imine (C=N–C) groups is 2. The SMILES string of the molecule is C\C=C/C=C\N=C\C=C1/N=CC=CN1N(C)C(C)C=O. The molecule has 0 aliphatic carbocycles. The number of nitrogens with zero attached hydrogens (tertiary/aromatic N) is 4. The van der Waals surface area contributed by atoms with Crippen LogP contribution in [0, 0.1) is 0 Å². The first kappa shape index (κ1) is 15.8. The van der Waals surface area contributed by atoms with Gasteiger partial charge in [-0.2, -0.15) is 0 Å². The lowest BCUT2D eigenvalue weighted by Gasteiger charge is -2.33. The molecule has 1 aliphatic heterocycles. The number of likely N-dealkylation sites (N-methyl/N-ethyl adjacent to an activating group) is 1. The molecule has 0 radical (unpaired) electrons. The molecule has 0 amide bonds. The Labute approximate surface area is 120 Å². The van der Waals surface area contributed by atoms with E-state index < -0.39 is 0 Å². The average Bonchev–Trinajstić information content (AvgIpc) is 2.49. The summed E-state index contributed by atoms with van der Waals surface area (Å²) in [6.45, 7) is 3.77. The van der Waals surface area contributed by atoms with Gasteiger partial charge in [-0.25, -0.2) is 10.0 Å². The minimum atomic E-state index is -0.233. The van der Waals surface area contributed by atoms with Gasteiger partial charge in [0.25, 0.3) is 0 Å².